The first-order chi connectivity index (χ1) is 17.2. The molecule has 1 fully saturated rings. The average molecular weight is 491 g/mol. The summed E-state index contributed by atoms with van der Waals surface area (Å²) in [5.74, 6) is 1.53. The van der Waals surface area contributed by atoms with Gasteiger partial charge < -0.3 is 9.80 Å². The van der Waals surface area contributed by atoms with E-state index in [1.54, 1.807) is 5.56 Å². The fourth-order valence-corrected chi connectivity index (χ4v) is 7.49. The minimum Gasteiger partial charge on any atom is -0.367 e. The van der Waals surface area contributed by atoms with E-state index < -0.39 is 0 Å². The highest BCUT2D eigenvalue weighted by atomic mass is 32.2. The molecule has 0 amide bonds. The summed E-state index contributed by atoms with van der Waals surface area (Å²) in [7, 11) is 0. The number of piperidine rings is 1. The average Bonchev–Trinajstić information content (AvgIpc) is 3.03. The Balaban J connectivity index is 1.15. The minimum absolute atomic E-state index is 0.147. The maximum atomic E-state index is 13.6. The van der Waals surface area contributed by atoms with Crippen LogP contribution in [0.25, 0.3) is 0 Å². The third-order valence-corrected chi connectivity index (χ3v) is 9.22. The van der Waals surface area contributed by atoms with E-state index in [1.807, 2.05) is 36.0 Å². The van der Waals surface area contributed by atoms with Crippen molar-refractivity contribution in [3.63, 3.8) is 0 Å². The molecule has 0 spiro atoms. The second-order valence-electron chi connectivity index (χ2n) is 10.2. The quantitative estimate of drug-likeness (QED) is 0.366. The summed E-state index contributed by atoms with van der Waals surface area (Å²) in [6.45, 7) is 4.52. The van der Waals surface area contributed by atoms with E-state index in [-0.39, 0.29) is 17.6 Å². The molecule has 5 heteroatoms. The molecule has 0 bridgehead atoms. The molecule has 3 aliphatic heterocycles. The Morgan fingerprint density at radius 1 is 0.886 bits per heavy atom. The molecular formula is C30H32F2N2S. The minimum atomic E-state index is -0.221. The second kappa shape index (κ2) is 9.94. The number of hydrogen-bond donors (Lipinski definition) is 0. The van der Waals surface area contributed by atoms with Gasteiger partial charge in [0.25, 0.3) is 0 Å². The number of benzene rings is 3. The molecule has 1 saturated heterocycles. The first-order valence-electron chi connectivity index (χ1n) is 12.9. The van der Waals surface area contributed by atoms with Crippen LogP contribution in [0.4, 0.5) is 14.5 Å². The molecular weight excluding hydrogens is 458 g/mol. The second-order valence-corrected chi connectivity index (χ2v) is 11.3. The van der Waals surface area contributed by atoms with Crippen molar-refractivity contribution in [3.8, 4) is 0 Å². The standard InChI is InChI=1S/C30H32F2N2S/c31-23-11-7-21(8-12-23)25(22-9-13-24(32)14-10-22)5-2-16-33-18-15-28-27(20-33)26-4-1-6-29-30(26)34(28)17-3-19-35-29/h1,4,6-14,25,27-28H,2-3,5,15-20H2/t27-,28-/m1/s1. The van der Waals surface area contributed by atoms with Gasteiger partial charge in [-0.1, -0.05) is 36.4 Å². The monoisotopic (exact) mass is 490 g/mol. The fourth-order valence-electron chi connectivity index (χ4n) is 6.45. The summed E-state index contributed by atoms with van der Waals surface area (Å²) in [5.41, 5.74) is 5.27. The first kappa shape index (κ1) is 23.1. The Labute approximate surface area is 211 Å². The lowest BCUT2D eigenvalue weighted by molar-refractivity contribution is 0.189. The largest absolute Gasteiger partial charge is 0.367 e. The Morgan fingerprint density at radius 3 is 2.31 bits per heavy atom. The molecule has 3 aromatic rings. The van der Waals surface area contributed by atoms with Gasteiger partial charge in [0.05, 0.1) is 5.69 Å². The molecule has 0 saturated carbocycles. The molecule has 2 atom stereocenters. The van der Waals surface area contributed by atoms with Gasteiger partial charge in [-0.05, 0) is 85.0 Å². The van der Waals surface area contributed by atoms with E-state index in [2.05, 4.69) is 28.0 Å². The van der Waals surface area contributed by atoms with Crippen molar-refractivity contribution in [2.45, 2.75) is 48.5 Å². The van der Waals surface area contributed by atoms with Gasteiger partial charge >= 0.3 is 0 Å². The van der Waals surface area contributed by atoms with E-state index in [4.69, 9.17) is 0 Å². The summed E-state index contributed by atoms with van der Waals surface area (Å²) in [4.78, 5) is 6.85. The number of likely N-dealkylation sites (tertiary alicyclic amines) is 1. The molecule has 0 radical (unpaired) electrons. The van der Waals surface area contributed by atoms with Crippen LogP contribution in [0.1, 0.15) is 54.2 Å². The number of hydrogen-bond acceptors (Lipinski definition) is 3. The Kier molecular flexibility index (Phi) is 6.55. The lowest BCUT2D eigenvalue weighted by Gasteiger charge is -2.39. The predicted octanol–water partition coefficient (Wildman–Crippen LogP) is 7.05. The highest BCUT2D eigenvalue weighted by Gasteiger charge is 2.43. The van der Waals surface area contributed by atoms with Crippen molar-refractivity contribution >= 4 is 17.4 Å². The number of anilines is 1. The molecule has 3 heterocycles. The van der Waals surface area contributed by atoms with Crippen LogP contribution in [0.5, 0.6) is 0 Å². The van der Waals surface area contributed by atoms with Gasteiger partial charge in [-0.3, -0.25) is 0 Å². The van der Waals surface area contributed by atoms with Crippen LogP contribution in [-0.2, 0) is 0 Å². The van der Waals surface area contributed by atoms with Gasteiger partial charge in [0.1, 0.15) is 11.6 Å². The smallest absolute Gasteiger partial charge is 0.123 e. The lowest BCUT2D eigenvalue weighted by Crippen LogP contribution is -2.46. The molecule has 6 rings (SSSR count). The van der Waals surface area contributed by atoms with Crippen LogP contribution in [0.2, 0.25) is 0 Å². The third kappa shape index (κ3) is 4.61. The summed E-state index contributed by atoms with van der Waals surface area (Å²) in [6.07, 6.45) is 4.51. The lowest BCUT2D eigenvalue weighted by atomic mass is 9.86. The van der Waals surface area contributed by atoms with E-state index in [9.17, 15) is 8.78 Å². The van der Waals surface area contributed by atoms with Crippen molar-refractivity contribution in [2.24, 2.45) is 0 Å². The van der Waals surface area contributed by atoms with Crippen molar-refractivity contribution in [2.75, 3.05) is 36.8 Å². The molecule has 35 heavy (non-hydrogen) atoms. The van der Waals surface area contributed by atoms with Gasteiger partial charge in [0, 0.05) is 42.4 Å². The maximum absolute atomic E-state index is 13.6. The van der Waals surface area contributed by atoms with Gasteiger partial charge in [0.15, 0.2) is 0 Å². The number of thioether (sulfide) groups is 1. The molecule has 2 nitrogen and oxygen atoms in total. The highest BCUT2D eigenvalue weighted by molar-refractivity contribution is 7.99. The van der Waals surface area contributed by atoms with E-state index >= 15 is 0 Å². The van der Waals surface area contributed by atoms with E-state index in [0.717, 1.165) is 43.6 Å². The van der Waals surface area contributed by atoms with Gasteiger partial charge in [-0.15, -0.1) is 11.8 Å². The molecule has 0 unspecified atom stereocenters. The molecule has 0 N–H and O–H groups in total. The van der Waals surface area contributed by atoms with E-state index in [0.29, 0.717) is 12.0 Å². The summed E-state index contributed by atoms with van der Waals surface area (Å²) in [5, 5.41) is 0. The Hall–Kier alpha value is -2.37. The van der Waals surface area contributed by atoms with Crippen LogP contribution < -0.4 is 4.90 Å². The zero-order chi connectivity index (χ0) is 23.8. The molecule has 0 aliphatic carbocycles. The Bertz CT molecular complexity index is 1120. The molecule has 3 aromatic carbocycles. The van der Waals surface area contributed by atoms with Gasteiger partial charge in [-0.2, -0.15) is 0 Å². The van der Waals surface area contributed by atoms with Crippen LogP contribution in [-0.4, -0.2) is 42.9 Å². The first-order valence-corrected chi connectivity index (χ1v) is 13.9. The number of fused-ring (bicyclic) bond motifs is 3. The molecule has 182 valence electrons. The zero-order valence-electron chi connectivity index (χ0n) is 20.0. The third-order valence-electron chi connectivity index (χ3n) is 8.09. The van der Waals surface area contributed by atoms with Crippen LogP contribution >= 0.6 is 11.8 Å². The van der Waals surface area contributed by atoms with Crippen LogP contribution in [0.3, 0.4) is 0 Å². The number of rotatable bonds is 6. The van der Waals surface area contributed by atoms with Crippen LogP contribution in [0, 0.1) is 11.6 Å². The summed E-state index contributed by atoms with van der Waals surface area (Å²) < 4.78 is 27.1. The normalized spacial score (nSPS) is 21.6. The Morgan fingerprint density at radius 2 is 1.60 bits per heavy atom. The number of nitrogens with zero attached hydrogens (tertiary/aromatic N) is 2. The maximum Gasteiger partial charge on any atom is 0.123 e. The zero-order valence-corrected chi connectivity index (χ0v) is 20.8. The SMILES string of the molecule is Fc1ccc(C(CCCN2CC[C@@H]3[C@H](C2)c2cccc4c2N3CCCS4)c2ccc(F)cc2)cc1. The van der Waals surface area contributed by atoms with Gasteiger partial charge in [-0.25, -0.2) is 8.78 Å². The number of para-hydroxylation sites is 1. The number of halogens is 2. The topological polar surface area (TPSA) is 6.48 Å². The van der Waals surface area contributed by atoms with Crippen molar-refractivity contribution in [1.82, 2.24) is 4.90 Å². The fraction of sp³-hybridized carbons (Fsp3) is 0.400. The highest BCUT2D eigenvalue weighted by Crippen LogP contribution is 2.50. The molecule has 0 aromatic heterocycles. The van der Waals surface area contributed by atoms with Crippen molar-refractivity contribution < 1.29 is 8.78 Å². The van der Waals surface area contributed by atoms with Crippen LogP contribution in [0.15, 0.2) is 71.6 Å². The molecule has 3 aliphatic rings. The van der Waals surface area contributed by atoms with Gasteiger partial charge in [0.2, 0.25) is 0 Å². The van der Waals surface area contributed by atoms with Crippen molar-refractivity contribution in [3.05, 3.63) is 95.1 Å². The summed E-state index contributed by atoms with van der Waals surface area (Å²) >= 11 is 2.03. The van der Waals surface area contributed by atoms with E-state index in [1.165, 1.54) is 60.0 Å². The van der Waals surface area contributed by atoms with Crippen molar-refractivity contribution in [1.29, 1.82) is 0 Å². The predicted molar refractivity (Wildman–Crippen MR) is 141 cm³/mol. The summed E-state index contributed by atoms with van der Waals surface area (Å²) in [6, 6.07) is 21.2.